The van der Waals surface area contributed by atoms with Gasteiger partial charge in [-0.25, -0.2) is 4.99 Å². The molecule has 0 N–H and O–H groups in total. The second-order valence-corrected chi connectivity index (χ2v) is 11.4. The van der Waals surface area contributed by atoms with E-state index in [4.69, 9.17) is 0 Å². The molecule has 4 aromatic carbocycles. The molecular weight excluding hydrogens is 510 g/mol. The predicted molar refractivity (Wildman–Crippen MR) is 178 cm³/mol. The lowest BCUT2D eigenvalue weighted by Gasteiger charge is -2.41. The van der Waals surface area contributed by atoms with Crippen LogP contribution >= 0.6 is 0 Å². The lowest BCUT2D eigenvalue weighted by atomic mass is 9.73. The molecule has 0 atom stereocenters. The van der Waals surface area contributed by atoms with E-state index in [9.17, 15) is 0 Å². The molecule has 0 radical (unpaired) electrons. The first-order valence-electron chi connectivity index (χ1n) is 14.3. The number of hydrogen-bond donors (Lipinski definition) is 0. The summed E-state index contributed by atoms with van der Waals surface area (Å²) in [6.07, 6.45) is 3.78. The highest BCUT2D eigenvalue weighted by Gasteiger charge is 2.38. The van der Waals surface area contributed by atoms with Crippen LogP contribution in [-0.4, -0.2) is 11.7 Å². The van der Waals surface area contributed by atoms with Crippen molar-refractivity contribution >= 4 is 18.1 Å². The number of pyridine rings is 1. The molecular formula is C39H35N3. The summed E-state index contributed by atoms with van der Waals surface area (Å²) in [4.78, 5) is 11.2. The van der Waals surface area contributed by atoms with Crippen LogP contribution in [0.4, 0.5) is 11.4 Å². The van der Waals surface area contributed by atoms with Gasteiger partial charge in [-0.1, -0.05) is 87.2 Å². The number of rotatable bonds is 6. The van der Waals surface area contributed by atoms with Crippen molar-refractivity contribution in [3.63, 3.8) is 0 Å². The number of nitrogens with zero attached hydrogens (tertiary/aromatic N) is 3. The smallest absolute Gasteiger partial charge is 0.140 e. The SMILES string of the molecule is C=CC1=C(N=C)N(c2ccccc2)c2ccc(-c3cccc(-c4ccc(C)c(-c5cccnc5C)c4)c3)cc2C1(C)C. The molecule has 3 heteroatoms. The molecule has 42 heavy (non-hydrogen) atoms. The minimum atomic E-state index is -0.306. The van der Waals surface area contributed by atoms with Crippen molar-refractivity contribution in [3.8, 4) is 33.4 Å². The maximum Gasteiger partial charge on any atom is 0.140 e. The Bertz CT molecular complexity index is 1860. The quantitative estimate of drug-likeness (QED) is 0.199. The monoisotopic (exact) mass is 545 g/mol. The molecule has 0 bridgehead atoms. The van der Waals surface area contributed by atoms with Crippen LogP contribution in [0.15, 0.2) is 138 Å². The molecule has 1 aliphatic heterocycles. The number of aliphatic imine (C=N–C) groups is 1. The van der Waals surface area contributed by atoms with Gasteiger partial charge in [0.2, 0.25) is 0 Å². The molecule has 0 unspecified atom stereocenters. The highest BCUT2D eigenvalue weighted by molar-refractivity contribution is 5.83. The van der Waals surface area contributed by atoms with E-state index in [-0.39, 0.29) is 5.41 Å². The van der Waals surface area contributed by atoms with E-state index in [1.165, 1.54) is 44.5 Å². The third-order valence-corrected chi connectivity index (χ3v) is 8.47. The number of allylic oxidation sites excluding steroid dienone is 2. The number of aryl methyl sites for hydroxylation is 2. The molecule has 2 heterocycles. The largest absolute Gasteiger partial charge is 0.295 e. The maximum absolute atomic E-state index is 4.52. The van der Waals surface area contributed by atoms with Gasteiger partial charge < -0.3 is 0 Å². The second-order valence-electron chi connectivity index (χ2n) is 11.4. The lowest BCUT2D eigenvalue weighted by Crippen LogP contribution is -2.33. The molecule has 5 aromatic rings. The van der Waals surface area contributed by atoms with E-state index < -0.39 is 0 Å². The first-order valence-corrected chi connectivity index (χ1v) is 14.3. The summed E-state index contributed by atoms with van der Waals surface area (Å²) in [5.41, 5.74) is 13.5. The average Bonchev–Trinajstić information content (AvgIpc) is 3.01. The van der Waals surface area contributed by atoms with Crippen LogP contribution in [-0.2, 0) is 5.41 Å². The minimum absolute atomic E-state index is 0.306. The Hall–Kier alpha value is -5.02. The van der Waals surface area contributed by atoms with Crippen LogP contribution in [0.2, 0.25) is 0 Å². The fourth-order valence-corrected chi connectivity index (χ4v) is 6.15. The number of hydrogen-bond acceptors (Lipinski definition) is 3. The Morgan fingerprint density at radius 3 is 2.12 bits per heavy atom. The Morgan fingerprint density at radius 1 is 0.738 bits per heavy atom. The normalized spacial score (nSPS) is 14.0. The first-order chi connectivity index (χ1) is 20.3. The zero-order chi connectivity index (χ0) is 29.4. The number of benzene rings is 4. The topological polar surface area (TPSA) is 28.5 Å². The Balaban J connectivity index is 1.46. The van der Waals surface area contributed by atoms with Crippen molar-refractivity contribution in [2.45, 2.75) is 33.1 Å². The van der Waals surface area contributed by atoms with E-state index in [1.807, 2.05) is 24.4 Å². The maximum atomic E-state index is 4.52. The van der Waals surface area contributed by atoms with Gasteiger partial charge in [-0.15, -0.1) is 0 Å². The van der Waals surface area contributed by atoms with Gasteiger partial charge >= 0.3 is 0 Å². The molecule has 0 spiro atoms. The highest BCUT2D eigenvalue weighted by atomic mass is 15.2. The van der Waals surface area contributed by atoms with Crippen molar-refractivity contribution in [1.29, 1.82) is 0 Å². The van der Waals surface area contributed by atoms with Crippen molar-refractivity contribution < 1.29 is 0 Å². The van der Waals surface area contributed by atoms with Gasteiger partial charge in [0.05, 0.1) is 5.69 Å². The second kappa shape index (κ2) is 10.8. The van der Waals surface area contributed by atoms with Crippen LogP contribution < -0.4 is 4.90 Å². The van der Waals surface area contributed by atoms with Crippen LogP contribution in [0.25, 0.3) is 33.4 Å². The van der Waals surface area contributed by atoms with Crippen molar-refractivity contribution in [2.24, 2.45) is 4.99 Å². The van der Waals surface area contributed by atoms with Gasteiger partial charge in [-0.05, 0) is 102 Å². The van der Waals surface area contributed by atoms with E-state index in [1.54, 1.807) is 0 Å². The van der Waals surface area contributed by atoms with E-state index in [2.05, 4.69) is 147 Å². The van der Waals surface area contributed by atoms with Gasteiger partial charge in [0.1, 0.15) is 5.82 Å². The van der Waals surface area contributed by atoms with Crippen LogP contribution in [0, 0.1) is 13.8 Å². The predicted octanol–water partition coefficient (Wildman–Crippen LogP) is 10.2. The summed E-state index contributed by atoms with van der Waals surface area (Å²) >= 11 is 0. The molecule has 0 saturated heterocycles. The summed E-state index contributed by atoms with van der Waals surface area (Å²) < 4.78 is 0. The van der Waals surface area contributed by atoms with Crippen molar-refractivity contribution in [1.82, 2.24) is 4.98 Å². The first kappa shape index (κ1) is 27.2. The fourth-order valence-electron chi connectivity index (χ4n) is 6.15. The number of anilines is 2. The van der Waals surface area contributed by atoms with Crippen LogP contribution in [0.1, 0.15) is 30.7 Å². The molecule has 1 aromatic heterocycles. The summed E-state index contributed by atoms with van der Waals surface area (Å²) in [6, 6.07) is 36.8. The van der Waals surface area contributed by atoms with Gasteiger partial charge in [0, 0.05) is 34.1 Å². The summed E-state index contributed by atoms with van der Waals surface area (Å²) in [5, 5.41) is 0. The molecule has 0 amide bonds. The summed E-state index contributed by atoms with van der Waals surface area (Å²) in [5.74, 6) is 0.822. The zero-order valence-corrected chi connectivity index (χ0v) is 24.7. The minimum Gasteiger partial charge on any atom is -0.295 e. The van der Waals surface area contributed by atoms with Gasteiger partial charge in [0.15, 0.2) is 0 Å². The number of fused-ring (bicyclic) bond motifs is 1. The fraction of sp³-hybridized carbons (Fsp3) is 0.128. The molecule has 1 aliphatic rings. The Labute approximate surface area is 249 Å². The number of para-hydroxylation sites is 1. The molecule has 206 valence electrons. The van der Waals surface area contributed by atoms with E-state index in [0.29, 0.717) is 0 Å². The Kier molecular flexibility index (Phi) is 6.96. The van der Waals surface area contributed by atoms with Gasteiger partial charge in [-0.3, -0.25) is 9.88 Å². The molecule has 0 fully saturated rings. The van der Waals surface area contributed by atoms with Gasteiger partial charge in [0.25, 0.3) is 0 Å². The van der Waals surface area contributed by atoms with Crippen LogP contribution in [0.5, 0.6) is 0 Å². The molecule has 3 nitrogen and oxygen atoms in total. The summed E-state index contributed by atoms with van der Waals surface area (Å²) in [6.45, 7) is 16.8. The summed E-state index contributed by atoms with van der Waals surface area (Å²) in [7, 11) is 0. The van der Waals surface area contributed by atoms with Gasteiger partial charge in [-0.2, -0.15) is 0 Å². The standard InChI is InChI=1S/C39H35N3/c1-7-35-38(40-6)42(32-15-9-8-10-16-32)37-21-20-31(25-36(37)39(35,4)5)29-14-11-13-28(23-29)30-19-18-26(2)34(24-30)33-17-12-22-41-27(33)3/h7-25H,1,6H2,2-5H3. The molecule has 0 aliphatic carbocycles. The van der Waals surface area contributed by atoms with E-state index in [0.717, 1.165) is 28.5 Å². The zero-order valence-electron chi connectivity index (χ0n) is 24.7. The highest BCUT2D eigenvalue weighted by Crippen LogP contribution is 2.49. The van der Waals surface area contributed by atoms with E-state index >= 15 is 0 Å². The lowest BCUT2D eigenvalue weighted by molar-refractivity contribution is 0.616. The molecule has 6 rings (SSSR count). The van der Waals surface area contributed by atoms with Crippen LogP contribution in [0.3, 0.4) is 0 Å². The Morgan fingerprint density at radius 2 is 1.43 bits per heavy atom. The molecule has 0 saturated carbocycles. The third kappa shape index (κ3) is 4.57. The van der Waals surface area contributed by atoms with Crippen molar-refractivity contribution in [2.75, 3.05) is 4.90 Å². The average molecular weight is 546 g/mol. The number of aromatic nitrogens is 1. The van der Waals surface area contributed by atoms with Crippen molar-refractivity contribution in [3.05, 3.63) is 150 Å². The third-order valence-electron chi connectivity index (χ3n) is 8.47.